The van der Waals surface area contributed by atoms with Crippen LogP contribution in [0.4, 0.5) is 0 Å². The maximum absolute atomic E-state index is 6.30. The van der Waals surface area contributed by atoms with E-state index in [1.165, 1.54) is 5.56 Å². The molecule has 1 aromatic heterocycles. The molecule has 0 N–H and O–H groups in total. The second kappa shape index (κ2) is 4.42. The Labute approximate surface area is 101 Å². The molecule has 0 spiro atoms. The van der Waals surface area contributed by atoms with Gasteiger partial charge in [0.2, 0.25) is 0 Å². The molecule has 0 amide bonds. The van der Waals surface area contributed by atoms with Crippen LogP contribution in [0.25, 0.3) is 10.9 Å². The molecule has 0 saturated carbocycles. The molecule has 0 unspecified atom stereocenters. The third-order valence-corrected chi connectivity index (χ3v) is 3.18. The average Bonchev–Trinajstić information content (AvgIpc) is 2.28. The summed E-state index contributed by atoms with van der Waals surface area (Å²) in [5.41, 5.74) is 3.39. The second-order valence-corrected chi connectivity index (χ2v) is 4.76. The molecule has 0 radical (unpaired) electrons. The van der Waals surface area contributed by atoms with Gasteiger partial charge in [-0.05, 0) is 24.0 Å². The SMILES string of the molecule is CCc1cccc2c(Cl)cc(C(C)C)nc12. The van der Waals surface area contributed by atoms with E-state index in [9.17, 15) is 0 Å². The normalized spacial score (nSPS) is 11.3. The Balaban J connectivity index is 2.77. The van der Waals surface area contributed by atoms with Gasteiger partial charge in [-0.2, -0.15) is 0 Å². The predicted molar refractivity (Wildman–Crippen MR) is 70.2 cm³/mol. The van der Waals surface area contributed by atoms with Gasteiger partial charge in [-0.3, -0.25) is 4.98 Å². The molecule has 16 heavy (non-hydrogen) atoms. The van der Waals surface area contributed by atoms with Crippen molar-refractivity contribution in [3.63, 3.8) is 0 Å². The summed E-state index contributed by atoms with van der Waals surface area (Å²) < 4.78 is 0. The number of nitrogens with zero attached hydrogens (tertiary/aromatic N) is 1. The quantitative estimate of drug-likeness (QED) is 0.740. The highest BCUT2D eigenvalue weighted by molar-refractivity contribution is 6.35. The Morgan fingerprint density at radius 2 is 2.06 bits per heavy atom. The van der Waals surface area contributed by atoms with Gasteiger partial charge in [0.05, 0.1) is 10.5 Å². The highest BCUT2D eigenvalue weighted by Crippen LogP contribution is 2.28. The van der Waals surface area contributed by atoms with Crippen LogP contribution in [0.1, 0.15) is 37.9 Å². The summed E-state index contributed by atoms with van der Waals surface area (Å²) >= 11 is 6.30. The van der Waals surface area contributed by atoms with Gasteiger partial charge in [0.1, 0.15) is 0 Å². The van der Waals surface area contributed by atoms with E-state index in [2.05, 4.69) is 26.8 Å². The number of hydrogen-bond acceptors (Lipinski definition) is 1. The molecule has 0 fully saturated rings. The van der Waals surface area contributed by atoms with E-state index in [4.69, 9.17) is 16.6 Å². The molecule has 0 bridgehead atoms. The number of benzene rings is 1. The van der Waals surface area contributed by atoms with Crippen LogP contribution in [0.3, 0.4) is 0 Å². The lowest BCUT2D eigenvalue weighted by Gasteiger charge is -2.10. The summed E-state index contributed by atoms with van der Waals surface area (Å²) in [7, 11) is 0. The molecule has 0 aliphatic rings. The van der Waals surface area contributed by atoms with Crippen molar-refractivity contribution in [3.8, 4) is 0 Å². The number of aromatic nitrogens is 1. The van der Waals surface area contributed by atoms with Crippen LogP contribution in [0.5, 0.6) is 0 Å². The van der Waals surface area contributed by atoms with Crippen LogP contribution in [-0.4, -0.2) is 4.98 Å². The van der Waals surface area contributed by atoms with E-state index in [1.807, 2.05) is 18.2 Å². The molecule has 1 heterocycles. The van der Waals surface area contributed by atoms with E-state index in [1.54, 1.807) is 0 Å². The third-order valence-electron chi connectivity index (χ3n) is 2.86. The first-order valence-corrected chi connectivity index (χ1v) is 6.09. The predicted octanol–water partition coefficient (Wildman–Crippen LogP) is 4.57. The fourth-order valence-electron chi connectivity index (χ4n) is 1.87. The molecular weight excluding hydrogens is 218 g/mol. The monoisotopic (exact) mass is 233 g/mol. The Hall–Kier alpha value is -1.08. The summed E-state index contributed by atoms with van der Waals surface area (Å²) in [5, 5.41) is 1.87. The lowest BCUT2D eigenvalue weighted by atomic mass is 10.0. The van der Waals surface area contributed by atoms with Crippen LogP contribution in [-0.2, 0) is 6.42 Å². The van der Waals surface area contributed by atoms with E-state index >= 15 is 0 Å². The van der Waals surface area contributed by atoms with Crippen molar-refractivity contribution in [1.82, 2.24) is 4.98 Å². The van der Waals surface area contributed by atoms with E-state index in [-0.39, 0.29) is 0 Å². The lowest BCUT2D eigenvalue weighted by Crippen LogP contribution is -1.96. The summed E-state index contributed by atoms with van der Waals surface area (Å²) in [5.74, 6) is 0.409. The smallest absolute Gasteiger partial charge is 0.0752 e. The fourth-order valence-corrected chi connectivity index (χ4v) is 2.13. The minimum absolute atomic E-state index is 0.409. The van der Waals surface area contributed by atoms with Crippen molar-refractivity contribution in [3.05, 3.63) is 40.5 Å². The zero-order valence-electron chi connectivity index (χ0n) is 9.92. The van der Waals surface area contributed by atoms with E-state index < -0.39 is 0 Å². The minimum Gasteiger partial charge on any atom is -0.252 e. The van der Waals surface area contributed by atoms with Gasteiger partial charge in [0.15, 0.2) is 0 Å². The summed E-state index contributed by atoms with van der Waals surface area (Å²) in [6, 6.07) is 8.18. The zero-order chi connectivity index (χ0) is 11.7. The van der Waals surface area contributed by atoms with E-state index in [0.717, 1.165) is 28.0 Å². The largest absolute Gasteiger partial charge is 0.252 e. The minimum atomic E-state index is 0.409. The highest BCUT2D eigenvalue weighted by Gasteiger charge is 2.09. The van der Waals surface area contributed by atoms with Crippen molar-refractivity contribution >= 4 is 22.5 Å². The van der Waals surface area contributed by atoms with Gasteiger partial charge in [-0.1, -0.05) is 50.6 Å². The van der Waals surface area contributed by atoms with Gasteiger partial charge >= 0.3 is 0 Å². The molecule has 1 nitrogen and oxygen atoms in total. The van der Waals surface area contributed by atoms with Gasteiger partial charge in [-0.25, -0.2) is 0 Å². The molecule has 1 aromatic carbocycles. The lowest BCUT2D eigenvalue weighted by molar-refractivity contribution is 0.829. The van der Waals surface area contributed by atoms with Crippen LogP contribution in [0.15, 0.2) is 24.3 Å². The zero-order valence-corrected chi connectivity index (χ0v) is 10.7. The van der Waals surface area contributed by atoms with Crippen molar-refractivity contribution in [2.24, 2.45) is 0 Å². The fraction of sp³-hybridized carbons (Fsp3) is 0.357. The topological polar surface area (TPSA) is 12.9 Å². The maximum atomic E-state index is 6.30. The summed E-state index contributed by atoms with van der Waals surface area (Å²) in [6.07, 6.45) is 0.988. The Morgan fingerprint density at radius 3 is 2.69 bits per heavy atom. The summed E-state index contributed by atoms with van der Waals surface area (Å²) in [4.78, 5) is 4.72. The van der Waals surface area contributed by atoms with E-state index in [0.29, 0.717) is 5.92 Å². The standard InChI is InChI=1S/C14H16ClN/c1-4-10-6-5-7-11-12(15)8-13(9(2)3)16-14(10)11/h5-9H,4H2,1-3H3. The number of aryl methyl sites for hydroxylation is 1. The Kier molecular flexibility index (Phi) is 3.15. The number of fused-ring (bicyclic) bond motifs is 1. The molecule has 0 aliphatic heterocycles. The maximum Gasteiger partial charge on any atom is 0.0752 e. The number of hydrogen-bond donors (Lipinski definition) is 0. The van der Waals surface area contributed by atoms with Crippen molar-refractivity contribution < 1.29 is 0 Å². The van der Waals surface area contributed by atoms with Crippen molar-refractivity contribution in [1.29, 1.82) is 0 Å². The highest BCUT2D eigenvalue weighted by atomic mass is 35.5. The number of para-hydroxylation sites is 1. The van der Waals surface area contributed by atoms with Crippen LogP contribution >= 0.6 is 11.6 Å². The molecule has 2 aromatic rings. The van der Waals surface area contributed by atoms with Gasteiger partial charge in [0.25, 0.3) is 0 Å². The molecule has 0 atom stereocenters. The second-order valence-electron chi connectivity index (χ2n) is 4.35. The first-order valence-electron chi connectivity index (χ1n) is 5.71. The number of halogens is 1. The Morgan fingerprint density at radius 1 is 1.31 bits per heavy atom. The van der Waals surface area contributed by atoms with Crippen LogP contribution < -0.4 is 0 Å². The summed E-state index contributed by atoms with van der Waals surface area (Å²) in [6.45, 7) is 6.42. The molecule has 0 saturated heterocycles. The van der Waals surface area contributed by atoms with Gasteiger partial charge < -0.3 is 0 Å². The van der Waals surface area contributed by atoms with Crippen LogP contribution in [0, 0.1) is 0 Å². The molecule has 2 heteroatoms. The Bertz CT molecular complexity index is 517. The number of pyridine rings is 1. The molecular formula is C14H16ClN. The molecule has 84 valence electrons. The van der Waals surface area contributed by atoms with Crippen molar-refractivity contribution in [2.75, 3.05) is 0 Å². The third kappa shape index (κ3) is 1.92. The first-order chi connectivity index (χ1) is 7.63. The number of rotatable bonds is 2. The van der Waals surface area contributed by atoms with Crippen molar-refractivity contribution in [2.45, 2.75) is 33.1 Å². The molecule has 0 aliphatic carbocycles. The van der Waals surface area contributed by atoms with Gasteiger partial charge in [0, 0.05) is 11.1 Å². The van der Waals surface area contributed by atoms with Gasteiger partial charge in [-0.15, -0.1) is 0 Å². The molecule has 2 rings (SSSR count). The van der Waals surface area contributed by atoms with Crippen LogP contribution in [0.2, 0.25) is 5.02 Å². The average molecular weight is 234 g/mol. The first kappa shape index (κ1) is 11.4.